The van der Waals surface area contributed by atoms with Crippen LogP contribution in [0.1, 0.15) is 23.5 Å². The van der Waals surface area contributed by atoms with Crippen LogP contribution in [-0.4, -0.2) is 21.5 Å². The third-order valence-electron chi connectivity index (χ3n) is 1.66. The molecule has 1 atom stereocenters. The molecule has 2 nitrogen and oxygen atoms in total. The fraction of sp³-hybridized carbons (Fsp3) is 0.500. The van der Waals surface area contributed by atoms with Crippen molar-refractivity contribution in [3.05, 3.63) is 21.3 Å². The van der Waals surface area contributed by atoms with E-state index in [1.54, 1.807) is 12.1 Å². The predicted molar refractivity (Wildman–Crippen MR) is 66.4 cm³/mol. The number of thiophene rings is 1. The molecule has 0 saturated carbocycles. The lowest BCUT2D eigenvalue weighted by molar-refractivity contribution is 0.102. The Morgan fingerprint density at radius 1 is 1.53 bits per heavy atom. The van der Waals surface area contributed by atoms with Gasteiger partial charge in [0.05, 0.1) is 15.0 Å². The normalized spacial score (nSPS) is 13.1. The summed E-state index contributed by atoms with van der Waals surface area (Å²) in [6.45, 7) is 3.98. The van der Waals surface area contributed by atoms with E-state index in [9.17, 15) is 9.00 Å². The van der Waals surface area contributed by atoms with E-state index in [-0.39, 0.29) is 11.5 Å². The average Bonchev–Trinajstić information content (AvgIpc) is 2.49. The molecule has 1 aromatic heterocycles. The van der Waals surface area contributed by atoms with E-state index < -0.39 is 10.8 Å². The van der Waals surface area contributed by atoms with Gasteiger partial charge in [-0.2, -0.15) is 0 Å². The van der Waals surface area contributed by atoms with Crippen LogP contribution in [-0.2, 0) is 10.8 Å². The van der Waals surface area contributed by atoms with E-state index in [0.29, 0.717) is 20.9 Å². The summed E-state index contributed by atoms with van der Waals surface area (Å²) in [6, 6.07) is 3.37. The number of carbonyl (C=O) groups is 1. The maximum absolute atomic E-state index is 11.6. The van der Waals surface area contributed by atoms with Gasteiger partial charge in [0, 0.05) is 16.6 Å². The van der Waals surface area contributed by atoms with Crippen LogP contribution in [0.2, 0.25) is 4.34 Å². The molecular formula is C10H13ClO2S2. The molecule has 0 aliphatic rings. The zero-order valence-corrected chi connectivity index (χ0v) is 11.0. The summed E-state index contributed by atoms with van der Waals surface area (Å²) in [5, 5.41) is 0. The summed E-state index contributed by atoms with van der Waals surface area (Å²) >= 11 is 6.95. The number of rotatable bonds is 5. The highest BCUT2D eigenvalue weighted by Gasteiger charge is 2.13. The third-order valence-corrected chi connectivity index (χ3v) is 4.55. The highest BCUT2D eigenvalue weighted by molar-refractivity contribution is 7.85. The van der Waals surface area contributed by atoms with Gasteiger partial charge in [-0.1, -0.05) is 25.4 Å². The first-order valence-corrected chi connectivity index (χ1v) is 7.31. The number of ketones is 1. The molecule has 84 valence electrons. The Morgan fingerprint density at radius 2 is 2.20 bits per heavy atom. The Hall–Kier alpha value is -0.190. The van der Waals surface area contributed by atoms with E-state index in [2.05, 4.69) is 0 Å². The van der Waals surface area contributed by atoms with Crippen molar-refractivity contribution in [1.82, 2.24) is 0 Å². The minimum atomic E-state index is -1.06. The molecule has 0 amide bonds. The first-order chi connectivity index (χ1) is 6.99. The molecule has 0 fully saturated rings. The van der Waals surface area contributed by atoms with Crippen molar-refractivity contribution in [3.63, 3.8) is 0 Å². The van der Waals surface area contributed by atoms with Crippen molar-refractivity contribution in [3.8, 4) is 0 Å². The molecule has 0 radical (unpaired) electrons. The predicted octanol–water partition coefficient (Wildman–Crippen LogP) is 2.99. The first-order valence-electron chi connectivity index (χ1n) is 4.62. The monoisotopic (exact) mass is 264 g/mol. The molecule has 0 spiro atoms. The largest absolute Gasteiger partial charge is 0.292 e. The van der Waals surface area contributed by atoms with Gasteiger partial charge in [-0.15, -0.1) is 11.3 Å². The molecule has 5 heteroatoms. The zero-order valence-electron chi connectivity index (χ0n) is 8.66. The lowest BCUT2D eigenvalue weighted by atomic mass is 10.3. The molecule has 15 heavy (non-hydrogen) atoms. The molecule has 0 bridgehead atoms. The minimum Gasteiger partial charge on any atom is -0.292 e. The molecule has 0 N–H and O–H groups in total. The Labute approximate surface area is 101 Å². The molecule has 0 saturated heterocycles. The SMILES string of the molecule is CC(C)CS(=O)CC(=O)c1ccc(Cl)s1. The lowest BCUT2D eigenvalue weighted by Crippen LogP contribution is -2.14. The van der Waals surface area contributed by atoms with Gasteiger partial charge in [0.2, 0.25) is 0 Å². The van der Waals surface area contributed by atoms with Gasteiger partial charge < -0.3 is 0 Å². The fourth-order valence-corrected chi connectivity index (χ4v) is 3.49. The van der Waals surface area contributed by atoms with Gasteiger partial charge in [0.15, 0.2) is 5.78 Å². The van der Waals surface area contributed by atoms with E-state index >= 15 is 0 Å². The summed E-state index contributed by atoms with van der Waals surface area (Å²) < 4.78 is 12.1. The molecule has 0 aliphatic heterocycles. The summed E-state index contributed by atoms with van der Waals surface area (Å²) in [5.41, 5.74) is 0. The Bertz CT molecular complexity index is 371. The van der Waals surface area contributed by atoms with E-state index in [1.807, 2.05) is 13.8 Å². The molecule has 1 heterocycles. The standard InChI is InChI=1S/C10H13ClO2S2/c1-7(2)5-15(13)6-8(12)9-3-4-10(11)14-9/h3-4,7H,5-6H2,1-2H3. The number of halogens is 1. The second-order valence-electron chi connectivity index (χ2n) is 3.67. The zero-order chi connectivity index (χ0) is 11.4. The third kappa shape index (κ3) is 4.45. The molecule has 1 rings (SSSR count). The highest BCUT2D eigenvalue weighted by Crippen LogP contribution is 2.21. The smallest absolute Gasteiger partial charge is 0.185 e. The Morgan fingerprint density at radius 3 is 2.67 bits per heavy atom. The van der Waals surface area contributed by atoms with Crippen LogP contribution in [0.3, 0.4) is 0 Å². The van der Waals surface area contributed by atoms with Crippen LogP contribution < -0.4 is 0 Å². The second kappa shape index (κ2) is 5.77. The summed E-state index contributed by atoms with van der Waals surface area (Å²) in [5.74, 6) is 0.955. The summed E-state index contributed by atoms with van der Waals surface area (Å²) in [7, 11) is -1.06. The van der Waals surface area contributed by atoms with Crippen molar-refractivity contribution in [2.45, 2.75) is 13.8 Å². The fourth-order valence-electron chi connectivity index (χ4n) is 1.11. The van der Waals surface area contributed by atoms with Crippen LogP contribution in [0.25, 0.3) is 0 Å². The van der Waals surface area contributed by atoms with Crippen LogP contribution in [0.15, 0.2) is 12.1 Å². The van der Waals surface area contributed by atoms with Gasteiger partial charge in [-0.3, -0.25) is 9.00 Å². The van der Waals surface area contributed by atoms with Crippen LogP contribution in [0.5, 0.6) is 0 Å². The van der Waals surface area contributed by atoms with Gasteiger partial charge in [0.1, 0.15) is 0 Å². The van der Waals surface area contributed by atoms with Crippen molar-refractivity contribution in [2.75, 3.05) is 11.5 Å². The number of carbonyl (C=O) groups excluding carboxylic acids is 1. The minimum absolute atomic E-state index is 0.0779. The van der Waals surface area contributed by atoms with Crippen LogP contribution in [0, 0.1) is 5.92 Å². The Kier molecular flexibility index (Phi) is 4.96. The summed E-state index contributed by atoms with van der Waals surface area (Å²) in [4.78, 5) is 12.2. The van der Waals surface area contributed by atoms with E-state index in [4.69, 9.17) is 11.6 Å². The van der Waals surface area contributed by atoms with Crippen molar-refractivity contribution in [2.24, 2.45) is 5.92 Å². The number of hydrogen-bond acceptors (Lipinski definition) is 3. The number of Topliss-reactive ketones (excluding diaryl/α,β-unsaturated/α-hetero) is 1. The quantitative estimate of drug-likeness (QED) is 0.767. The number of hydrogen-bond donors (Lipinski definition) is 0. The highest BCUT2D eigenvalue weighted by atomic mass is 35.5. The van der Waals surface area contributed by atoms with Gasteiger partial charge in [-0.05, 0) is 18.1 Å². The molecular weight excluding hydrogens is 252 g/mol. The van der Waals surface area contributed by atoms with Crippen LogP contribution >= 0.6 is 22.9 Å². The first kappa shape index (κ1) is 12.9. The maximum Gasteiger partial charge on any atom is 0.185 e. The van der Waals surface area contributed by atoms with Gasteiger partial charge in [-0.25, -0.2) is 0 Å². The summed E-state index contributed by atoms with van der Waals surface area (Å²) in [6.07, 6.45) is 0. The van der Waals surface area contributed by atoms with Crippen molar-refractivity contribution in [1.29, 1.82) is 0 Å². The topological polar surface area (TPSA) is 34.1 Å². The van der Waals surface area contributed by atoms with E-state index in [1.165, 1.54) is 11.3 Å². The lowest BCUT2D eigenvalue weighted by Gasteiger charge is -2.03. The molecule has 1 unspecified atom stereocenters. The van der Waals surface area contributed by atoms with Gasteiger partial charge >= 0.3 is 0 Å². The average molecular weight is 265 g/mol. The van der Waals surface area contributed by atoms with Crippen LogP contribution in [0.4, 0.5) is 0 Å². The molecule has 0 aliphatic carbocycles. The van der Waals surface area contributed by atoms with Crippen molar-refractivity contribution < 1.29 is 9.00 Å². The van der Waals surface area contributed by atoms with Crippen molar-refractivity contribution >= 4 is 39.5 Å². The second-order valence-corrected chi connectivity index (χ2v) is 6.89. The Balaban J connectivity index is 2.53. The van der Waals surface area contributed by atoms with E-state index in [0.717, 1.165) is 0 Å². The molecule has 0 aromatic carbocycles. The van der Waals surface area contributed by atoms with Gasteiger partial charge in [0.25, 0.3) is 0 Å². The molecule has 1 aromatic rings. The maximum atomic E-state index is 11.6.